The third kappa shape index (κ3) is 4.43. The third-order valence-electron chi connectivity index (χ3n) is 4.03. The molecule has 1 aromatic carbocycles. The molecular formula is C21H21N3O3S. The molecule has 0 bridgehead atoms. The summed E-state index contributed by atoms with van der Waals surface area (Å²) in [5.41, 5.74) is 3.35. The Balaban J connectivity index is 1.98. The van der Waals surface area contributed by atoms with E-state index in [0.717, 1.165) is 17.5 Å². The second kappa shape index (κ2) is 8.75. The fraction of sp³-hybridized carbons (Fsp3) is 0.238. The maximum Gasteiger partial charge on any atom is 0.342 e. The molecule has 144 valence electrons. The molecule has 0 saturated carbocycles. The molecule has 2 aromatic heterocycles. The van der Waals surface area contributed by atoms with Crippen LogP contribution in [-0.4, -0.2) is 27.9 Å². The monoisotopic (exact) mass is 395 g/mol. The van der Waals surface area contributed by atoms with Crippen LogP contribution in [0.2, 0.25) is 0 Å². The van der Waals surface area contributed by atoms with Crippen molar-refractivity contribution in [3.63, 3.8) is 0 Å². The molecule has 0 aliphatic carbocycles. The summed E-state index contributed by atoms with van der Waals surface area (Å²) in [6.07, 6.45) is 4.97. The smallest absolute Gasteiger partial charge is 0.342 e. The molecule has 1 amide bonds. The summed E-state index contributed by atoms with van der Waals surface area (Å²) in [5.74, 6) is -0.901. The molecule has 0 aliphatic rings. The topological polar surface area (TPSA) is 81.2 Å². The van der Waals surface area contributed by atoms with E-state index in [1.54, 1.807) is 13.8 Å². The van der Waals surface area contributed by atoms with Crippen molar-refractivity contribution in [2.75, 3.05) is 5.32 Å². The summed E-state index contributed by atoms with van der Waals surface area (Å²) in [7, 11) is 0. The fourth-order valence-corrected chi connectivity index (χ4v) is 3.59. The number of anilines is 1. The van der Waals surface area contributed by atoms with E-state index in [-0.39, 0.29) is 11.8 Å². The summed E-state index contributed by atoms with van der Waals surface area (Å²) in [6, 6.07) is 8.01. The first-order valence-electron chi connectivity index (χ1n) is 8.98. The van der Waals surface area contributed by atoms with Gasteiger partial charge < -0.3 is 10.1 Å². The number of carbonyl (C=O) groups is 2. The van der Waals surface area contributed by atoms with E-state index < -0.39 is 11.9 Å². The van der Waals surface area contributed by atoms with Gasteiger partial charge in [0.2, 0.25) is 0 Å². The van der Waals surface area contributed by atoms with E-state index in [1.807, 2.05) is 29.6 Å². The summed E-state index contributed by atoms with van der Waals surface area (Å²) in [5, 5.41) is 5.05. The van der Waals surface area contributed by atoms with Crippen LogP contribution in [0.15, 0.2) is 48.2 Å². The van der Waals surface area contributed by atoms with Gasteiger partial charge in [0.25, 0.3) is 5.91 Å². The van der Waals surface area contributed by atoms with Gasteiger partial charge in [-0.25, -0.2) is 9.78 Å². The van der Waals surface area contributed by atoms with Crippen LogP contribution in [0, 0.1) is 0 Å². The number of aryl methyl sites for hydroxylation is 1. The zero-order chi connectivity index (χ0) is 20.1. The zero-order valence-electron chi connectivity index (χ0n) is 15.9. The largest absolute Gasteiger partial charge is 0.459 e. The van der Waals surface area contributed by atoms with Crippen molar-refractivity contribution in [3.05, 3.63) is 65.1 Å². The second-order valence-electron chi connectivity index (χ2n) is 6.40. The lowest BCUT2D eigenvalue weighted by Gasteiger charge is -2.12. The average molecular weight is 395 g/mol. The second-order valence-corrected chi connectivity index (χ2v) is 7.28. The highest BCUT2D eigenvalue weighted by Crippen LogP contribution is 2.36. The Morgan fingerprint density at radius 3 is 2.54 bits per heavy atom. The van der Waals surface area contributed by atoms with Crippen LogP contribution in [-0.2, 0) is 11.2 Å². The van der Waals surface area contributed by atoms with Gasteiger partial charge in [-0.3, -0.25) is 9.78 Å². The summed E-state index contributed by atoms with van der Waals surface area (Å²) in [4.78, 5) is 33.2. The van der Waals surface area contributed by atoms with Crippen LogP contribution in [0.5, 0.6) is 0 Å². The number of amides is 1. The molecule has 3 aromatic rings. The predicted octanol–water partition coefficient (Wildman–Crippen LogP) is 4.59. The highest BCUT2D eigenvalue weighted by atomic mass is 32.1. The number of benzene rings is 1. The van der Waals surface area contributed by atoms with Crippen molar-refractivity contribution in [3.8, 4) is 11.1 Å². The predicted molar refractivity (Wildman–Crippen MR) is 110 cm³/mol. The number of hydrogen-bond acceptors (Lipinski definition) is 6. The van der Waals surface area contributed by atoms with Gasteiger partial charge in [0, 0.05) is 23.3 Å². The summed E-state index contributed by atoms with van der Waals surface area (Å²) in [6.45, 7) is 5.67. The Labute approximate surface area is 167 Å². The first-order chi connectivity index (χ1) is 13.5. The molecular weight excluding hydrogens is 374 g/mol. The van der Waals surface area contributed by atoms with Crippen molar-refractivity contribution >= 4 is 28.2 Å². The first kappa shape index (κ1) is 19.7. The first-order valence-corrected chi connectivity index (χ1v) is 9.86. The van der Waals surface area contributed by atoms with E-state index in [1.165, 1.54) is 35.5 Å². The Kier molecular flexibility index (Phi) is 6.16. The van der Waals surface area contributed by atoms with E-state index in [4.69, 9.17) is 4.74 Å². The normalized spacial score (nSPS) is 10.7. The Bertz CT molecular complexity index is 966. The minimum Gasteiger partial charge on any atom is -0.459 e. The number of thiophene rings is 1. The van der Waals surface area contributed by atoms with Gasteiger partial charge in [0.1, 0.15) is 16.3 Å². The van der Waals surface area contributed by atoms with E-state index in [0.29, 0.717) is 10.6 Å². The number of carbonyl (C=O) groups excluding carboxylic acids is 2. The number of nitrogens with one attached hydrogen (secondary N) is 1. The standard InChI is InChI=1S/C21H21N3O3S/c1-4-14-5-7-15(8-6-14)16-12-28-20(18(16)21(26)27-13(2)3)24-19(25)17-11-22-9-10-23-17/h5-13H,4H2,1-3H3,(H,24,25). The maximum absolute atomic E-state index is 12.8. The van der Waals surface area contributed by atoms with Crippen LogP contribution in [0.4, 0.5) is 5.00 Å². The van der Waals surface area contributed by atoms with E-state index >= 15 is 0 Å². The van der Waals surface area contributed by atoms with Crippen molar-refractivity contribution < 1.29 is 14.3 Å². The Morgan fingerprint density at radius 2 is 1.93 bits per heavy atom. The summed E-state index contributed by atoms with van der Waals surface area (Å²) >= 11 is 1.28. The Morgan fingerprint density at radius 1 is 1.18 bits per heavy atom. The third-order valence-corrected chi connectivity index (χ3v) is 4.93. The van der Waals surface area contributed by atoms with Crippen LogP contribution >= 0.6 is 11.3 Å². The van der Waals surface area contributed by atoms with Crippen molar-refractivity contribution in [2.45, 2.75) is 33.3 Å². The minimum absolute atomic E-state index is 0.174. The Hall–Kier alpha value is -3.06. The molecule has 0 unspecified atom stereocenters. The SMILES string of the molecule is CCc1ccc(-c2csc(NC(=O)c3cnccn3)c2C(=O)OC(C)C)cc1. The quantitative estimate of drug-likeness (QED) is 0.618. The van der Waals surface area contributed by atoms with Gasteiger partial charge in [-0.2, -0.15) is 0 Å². The lowest BCUT2D eigenvalue weighted by atomic mass is 10.0. The molecule has 7 heteroatoms. The highest BCUT2D eigenvalue weighted by molar-refractivity contribution is 7.15. The van der Waals surface area contributed by atoms with Crippen LogP contribution in [0.25, 0.3) is 11.1 Å². The van der Waals surface area contributed by atoms with E-state index in [9.17, 15) is 9.59 Å². The van der Waals surface area contributed by atoms with E-state index in [2.05, 4.69) is 22.2 Å². The van der Waals surface area contributed by atoms with Gasteiger partial charge in [-0.05, 0) is 31.4 Å². The van der Waals surface area contributed by atoms with Crippen LogP contribution in [0.3, 0.4) is 0 Å². The number of esters is 1. The molecule has 6 nitrogen and oxygen atoms in total. The van der Waals surface area contributed by atoms with Crippen molar-refractivity contribution in [1.29, 1.82) is 0 Å². The maximum atomic E-state index is 12.8. The average Bonchev–Trinajstić information content (AvgIpc) is 3.11. The molecule has 0 radical (unpaired) electrons. The number of nitrogens with zero attached hydrogens (tertiary/aromatic N) is 2. The van der Waals surface area contributed by atoms with Gasteiger partial charge >= 0.3 is 5.97 Å². The van der Waals surface area contributed by atoms with Crippen molar-refractivity contribution in [1.82, 2.24) is 9.97 Å². The van der Waals surface area contributed by atoms with Crippen LogP contribution < -0.4 is 5.32 Å². The van der Waals surface area contributed by atoms with Gasteiger partial charge in [0.15, 0.2) is 0 Å². The molecule has 0 saturated heterocycles. The van der Waals surface area contributed by atoms with Crippen LogP contribution in [0.1, 0.15) is 47.2 Å². The molecule has 0 aliphatic heterocycles. The van der Waals surface area contributed by atoms with Gasteiger partial charge in [0.05, 0.1) is 12.3 Å². The van der Waals surface area contributed by atoms with Gasteiger partial charge in [-0.15, -0.1) is 11.3 Å². The fourth-order valence-electron chi connectivity index (χ4n) is 2.64. The number of aromatic nitrogens is 2. The minimum atomic E-state index is -0.472. The lowest BCUT2D eigenvalue weighted by molar-refractivity contribution is 0.0380. The van der Waals surface area contributed by atoms with Crippen molar-refractivity contribution in [2.24, 2.45) is 0 Å². The lowest BCUT2D eigenvalue weighted by Crippen LogP contribution is -2.17. The number of ether oxygens (including phenoxy) is 1. The highest BCUT2D eigenvalue weighted by Gasteiger charge is 2.24. The molecule has 2 heterocycles. The number of hydrogen-bond donors (Lipinski definition) is 1. The summed E-state index contributed by atoms with van der Waals surface area (Å²) < 4.78 is 5.42. The molecule has 28 heavy (non-hydrogen) atoms. The number of rotatable bonds is 6. The molecule has 1 N–H and O–H groups in total. The van der Waals surface area contributed by atoms with Gasteiger partial charge in [-0.1, -0.05) is 31.2 Å². The molecule has 0 fully saturated rings. The molecule has 0 atom stereocenters. The zero-order valence-corrected chi connectivity index (χ0v) is 16.7. The molecule has 3 rings (SSSR count). The molecule has 0 spiro atoms.